The summed E-state index contributed by atoms with van der Waals surface area (Å²) in [6.07, 6.45) is 8.39. The maximum atomic E-state index is 12.9. The van der Waals surface area contributed by atoms with Gasteiger partial charge in [-0.1, -0.05) is 48.0 Å². The fraction of sp³-hybridized carbons (Fsp3) is 0.250. The first-order chi connectivity index (χ1) is 14.4. The van der Waals surface area contributed by atoms with Crippen LogP contribution in [-0.4, -0.2) is 31.7 Å². The minimum absolute atomic E-state index is 0.118. The fourth-order valence-corrected chi connectivity index (χ4v) is 5.46. The molecule has 5 radical (unpaired) electrons. The molecule has 157 valence electrons. The van der Waals surface area contributed by atoms with Gasteiger partial charge in [0.15, 0.2) is 0 Å². The number of ketones is 1. The number of sulfonamides is 1. The van der Waals surface area contributed by atoms with E-state index in [0.29, 0.717) is 24.3 Å². The predicted molar refractivity (Wildman–Crippen MR) is 123 cm³/mol. The molecular weight excluding hydrogens is 414 g/mol. The molecule has 4 nitrogen and oxygen atoms in total. The highest BCUT2D eigenvalue weighted by Crippen LogP contribution is 2.25. The molecule has 1 aliphatic carbocycles. The van der Waals surface area contributed by atoms with Crippen LogP contribution in [0.2, 0.25) is 0 Å². The predicted octanol–water partition coefficient (Wildman–Crippen LogP) is 3.98. The van der Waals surface area contributed by atoms with Crippen molar-refractivity contribution < 1.29 is 13.2 Å². The second-order valence-electron chi connectivity index (χ2n) is 7.24. The van der Waals surface area contributed by atoms with E-state index in [9.17, 15) is 13.2 Å². The van der Waals surface area contributed by atoms with Crippen molar-refractivity contribution in [1.82, 2.24) is 4.72 Å². The van der Waals surface area contributed by atoms with Crippen molar-refractivity contribution in [1.29, 1.82) is 0 Å². The van der Waals surface area contributed by atoms with Gasteiger partial charge in [0.2, 0.25) is 10.0 Å². The van der Waals surface area contributed by atoms with Crippen molar-refractivity contribution in [3.05, 3.63) is 97.3 Å². The summed E-state index contributed by atoms with van der Waals surface area (Å²) in [4.78, 5) is 12.4. The molecule has 1 N–H and O–H groups in total. The van der Waals surface area contributed by atoms with Crippen LogP contribution in [0, 0.1) is 38.5 Å². The van der Waals surface area contributed by atoms with Crippen LogP contribution in [-0.2, 0) is 21.2 Å². The Balaban J connectivity index is 1.59. The van der Waals surface area contributed by atoms with Gasteiger partial charge in [0.05, 0.1) is 4.90 Å². The molecule has 0 heterocycles. The van der Waals surface area contributed by atoms with E-state index in [1.165, 1.54) is 0 Å². The van der Waals surface area contributed by atoms with Gasteiger partial charge in [-0.25, -0.2) is 13.1 Å². The van der Waals surface area contributed by atoms with Gasteiger partial charge in [0.1, 0.15) is 5.78 Å². The lowest BCUT2D eigenvalue weighted by Crippen LogP contribution is -2.38. The molecule has 6 heteroatoms. The Morgan fingerprint density at radius 1 is 1.00 bits per heavy atom. The molecule has 2 aromatic carbocycles. The molecule has 0 saturated heterocycles. The summed E-state index contributed by atoms with van der Waals surface area (Å²) < 4.78 is 28.6. The van der Waals surface area contributed by atoms with Gasteiger partial charge in [-0.3, -0.25) is 4.79 Å². The van der Waals surface area contributed by atoms with Crippen molar-refractivity contribution in [2.75, 3.05) is 11.5 Å². The highest BCUT2D eigenvalue weighted by atomic mass is 32.2. The lowest BCUT2D eigenvalue weighted by molar-refractivity contribution is -0.116. The van der Waals surface area contributed by atoms with Gasteiger partial charge >= 0.3 is 0 Å². The third-order valence-corrected chi connectivity index (χ3v) is 7.42. The van der Waals surface area contributed by atoms with Crippen molar-refractivity contribution in [3.63, 3.8) is 0 Å². The van der Waals surface area contributed by atoms with Crippen LogP contribution >= 0.6 is 11.8 Å². The zero-order valence-corrected chi connectivity index (χ0v) is 18.6. The Morgan fingerprint density at radius 3 is 2.33 bits per heavy atom. The first-order valence-corrected chi connectivity index (χ1v) is 12.5. The molecule has 0 aromatic heterocycles. The Hall–Kier alpha value is -1.63. The third-order valence-electron chi connectivity index (χ3n) is 4.76. The largest absolute Gasteiger partial charge is 0.299 e. The number of rotatable bonds is 11. The van der Waals surface area contributed by atoms with E-state index in [1.54, 1.807) is 36.0 Å². The Kier molecular flexibility index (Phi) is 8.54. The van der Waals surface area contributed by atoms with Crippen molar-refractivity contribution >= 4 is 27.6 Å². The van der Waals surface area contributed by atoms with E-state index in [1.807, 2.05) is 62.9 Å². The van der Waals surface area contributed by atoms with Gasteiger partial charge in [-0.05, 0) is 56.7 Å². The van der Waals surface area contributed by atoms with E-state index < -0.39 is 10.0 Å². The molecule has 1 atom stereocenters. The Morgan fingerprint density at radius 2 is 1.67 bits per heavy atom. The van der Waals surface area contributed by atoms with Crippen LogP contribution in [0.25, 0.3) is 0 Å². The number of benzene rings is 2. The third kappa shape index (κ3) is 6.96. The summed E-state index contributed by atoms with van der Waals surface area (Å²) in [7, 11) is -3.62. The van der Waals surface area contributed by atoms with Crippen LogP contribution in [0.3, 0.4) is 0 Å². The fourth-order valence-electron chi connectivity index (χ4n) is 3.13. The Labute approximate surface area is 184 Å². The van der Waals surface area contributed by atoms with E-state index >= 15 is 0 Å². The molecule has 1 saturated carbocycles. The first-order valence-electron chi connectivity index (χ1n) is 9.89. The molecule has 1 fully saturated rings. The normalized spacial score (nSPS) is 15.9. The van der Waals surface area contributed by atoms with Gasteiger partial charge in [-0.2, -0.15) is 11.8 Å². The van der Waals surface area contributed by atoms with Crippen molar-refractivity contribution in [2.24, 2.45) is 0 Å². The summed E-state index contributed by atoms with van der Waals surface area (Å²) in [5.41, 5.74) is 2.09. The molecular formula is C24H26NO3S2. The maximum absolute atomic E-state index is 12.9. The lowest BCUT2D eigenvalue weighted by Gasteiger charge is -2.19. The van der Waals surface area contributed by atoms with Crippen LogP contribution in [0.5, 0.6) is 0 Å². The molecule has 2 aromatic rings. The standard InChI is InChI=1S/C24H26NO3S2/c1-19-11-13-23(14-12-19)30(27,28)25-22(17-20-7-3-2-4-8-20)18-29-16-15-24(26)21-9-5-6-10-21/h2-14,22,25H,15-18H2,1H3/t22-/m0/s1. The lowest BCUT2D eigenvalue weighted by atomic mass is 10.0. The number of carbonyl (C=O) groups excluding carboxylic acids is 1. The molecule has 0 amide bonds. The number of hydrogen-bond donors (Lipinski definition) is 1. The van der Waals surface area contributed by atoms with Gasteiger partial charge in [0.25, 0.3) is 0 Å². The monoisotopic (exact) mass is 440 g/mol. The molecule has 0 spiro atoms. The van der Waals surface area contributed by atoms with Crippen LogP contribution < -0.4 is 4.72 Å². The molecule has 0 unspecified atom stereocenters. The SMILES string of the molecule is Cc1ccc(S(=O)(=O)N[C@H](CSCCC(=O)[C]2[CH][CH][CH][CH]2)Cc2ccccc2)cc1. The minimum Gasteiger partial charge on any atom is -0.299 e. The van der Waals surface area contributed by atoms with E-state index in [0.717, 1.165) is 17.0 Å². The zero-order valence-electron chi connectivity index (χ0n) is 17.0. The number of hydrogen-bond acceptors (Lipinski definition) is 4. The summed E-state index contributed by atoms with van der Waals surface area (Å²) >= 11 is 1.60. The molecule has 3 rings (SSSR count). The van der Waals surface area contributed by atoms with Crippen LogP contribution in [0.4, 0.5) is 0 Å². The highest BCUT2D eigenvalue weighted by Gasteiger charge is 2.24. The summed E-state index contributed by atoms with van der Waals surface area (Å²) in [5, 5.41) is 0. The number of carbonyl (C=O) groups is 1. The smallest absolute Gasteiger partial charge is 0.240 e. The number of aryl methyl sites for hydroxylation is 1. The average molecular weight is 441 g/mol. The van der Waals surface area contributed by atoms with E-state index in [-0.39, 0.29) is 16.7 Å². The average Bonchev–Trinajstić information content (AvgIpc) is 3.27. The number of nitrogens with one attached hydrogen (secondary N) is 1. The summed E-state index contributed by atoms with van der Waals surface area (Å²) in [6, 6.07) is 16.4. The van der Waals surface area contributed by atoms with Crippen LogP contribution in [0.15, 0.2) is 59.5 Å². The topological polar surface area (TPSA) is 63.2 Å². The maximum Gasteiger partial charge on any atom is 0.240 e. The number of Topliss-reactive ketones (excluding diaryl/α,β-unsaturated/α-hetero) is 1. The molecule has 0 aliphatic heterocycles. The molecule has 1 aliphatic rings. The minimum atomic E-state index is -3.62. The van der Waals surface area contributed by atoms with Crippen molar-refractivity contribution in [3.8, 4) is 0 Å². The van der Waals surface area contributed by atoms with Crippen molar-refractivity contribution in [2.45, 2.75) is 30.7 Å². The Bertz CT molecular complexity index is 905. The molecule has 0 bridgehead atoms. The van der Waals surface area contributed by atoms with Gasteiger partial charge in [0, 0.05) is 29.9 Å². The number of thioether (sulfide) groups is 1. The van der Waals surface area contributed by atoms with E-state index in [2.05, 4.69) is 4.72 Å². The molecule has 30 heavy (non-hydrogen) atoms. The van der Waals surface area contributed by atoms with Crippen LogP contribution in [0.1, 0.15) is 17.5 Å². The van der Waals surface area contributed by atoms with E-state index in [4.69, 9.17) is 0 Å². The highest BCUT2D eigenvalue weighted by molar-refractivity contribution is 7.99. The zero-order chi connectivity index (χ0) is 21.4. The summed E-state index contributed by atoms with van der Waals surface area (Å²) in [5.74, 6) is 2.10. The quantitative estimate of drug-likeness (QED) is 0.537. The summed E-state index contributed by atoms with van der Waals surface area (Å²) in [6.45, 7) is 1.93. The second-order valence-corrected chi connectivity index (χ2v) is 10.1. The van der Waals surface area contributed by atoms with Gasteiger partial charge < -0.3 is 0 Å². The van der Waals surface area contributed by atoms with Gasteiger partial charge in [-0.15, -0.1) is 0 Å². The second kappa shape index (κ2) is 11.1. The first kappa shape index (κ1) is 23.0.